The second-order valence-electron chi connectivity index (χ2n) is 7.97. The van der Waals surface area contributed by atoms with E-state index < -0.39 is 0 Å². The highest BCUT2D eigenvalue weighted by Gasteiger charge is 2.21. The van der Waals surface area contributed by atoms with Crippen molar-refractivity contribution in [3.05, 3.63) is 94.3 Å². The van der Waals surface area contributed by atoms with Gasteiger partial charge in [-0.3, -0.25) is 4.79 Å². The number of aryl methyl sites for hydroxylation is 1. The third kappa shape index (κ3) is 5.24. The summed E-state index contributed by atoms with van der Waals surface area (Å²) in [6.07, 6.45) is 0. The monoisotopic (exact) mass is 438 g/mol. The molecule has 1 amide bonds. The Morgan fingerprint density at radius 2 is 1.77 bits per heavy atom. The Morgan fingerprint density at radius 3 is 2.45 bits per heavy atom. The first kappa shape index (κ1) is 21.3. The zero-order valence-electron chi connectivity index (χ0n) is 17.5. The molecular formula is C25H26ClFN3O+. The van der Waals surface area contributed by atoms with Crippen molar-refractivity contribution in [2.45, 2.75) is 13.5 Å². The largest absolute Gasteiger partial charge is 0.360 e. The molecule has 4 rings (SSSR count). The van der Waals surface area contributed by atoms with Crippen molar-refractivity contribution in [3.8, 4) is 0 Å². The highest BCUT2D eigenvalue weighted by Crippen LogP contribution is 2.20. The molecule has 3 aromatic carbocycles. The van der Waals surface area contributed by atoms with Crippen molar-refractivity contribution in [3.63, 3.8) is 0 Å². The normalized spacial score (nSPS) is 14.5. The first-order chi connectivity index (χ1) is 15.0. The molecule has 1 aliphatic rings. The summed E-state index contributed by atoms with van der Waals surface area (Å²) < 4.78 is 13.9. The fourth-order valence-corrected chi connectivity index (χ4v) is 4.04. The SMILES string of the molecule is Cc1ccc(C(=O)Nc2ccc(N3CC[NH+](Cc4ccccc4F)CC3)cc2)cc1Cl. The molecule has 1 fully saturated rings. The van der Waals surface area contributed by atoms with E-state index in [1.807, 2.05) is 49.4 Å². The van der Waals surface area contributed by atoms with Crippen LogP contribution in [0.15, 0.2) is 66.7 Å². The molecule has 0 atom stereocenters. The Balaban J connectivity index is 1.32. The second kappa shape index (κ2) is 9.50. The van der Waals surface area contributed by atoms with Crippen molar-refractivity contribution in [1.29, 1.82) is 0 Å². The number of piperazine rings is 1. The molecule has 0 spiro atoms. The van der Waals surface area contributed by atoms with Crippen LogP contribution < -0.4 is 15.1 Å². The van der Waals surface area contributed by atoms with Gasteiger partial charge in [-0.1, -0.05) is 35.9 Å². The van der Waals surface area contributed by atoms with Crippen LogP contribution in [0.2, 0.25) is 5.02 Å². The van der Waals surface area contributed by atoms with E-state index in [1.54, 1.807) is 18.2 Å². The van der Waals surface area contributed by atoms with Crippen LogP contribution in [0.25, 0.3) is 0 Å². The van der Waals surface area contributed by atoms with Gasteiger partial charge in [-0.05, 0) is 55.0 Å². The molecule has 0 radical (unpaired) electrons. The van der Waals surface area contributed by atoms with E-state index >= 15 is 0 Å². The molecule has 0 saturated carbocycles. The molecule has 1 saturated heterocycles. The van der Waals surface area contributed by atoms with Gasteiger partial charge in [0.1, 0.15) is 12.4 Å². The van der Waals surface area contributed by atoms with Gasteiger partial charge in [-0.25, -0.2) is 4.39 Å². The van der Waals surface area contributed by atoms with E-state index in [0.717, 1.165) is 48.7 Å². The van der Waals surface area contributed by atoms with Crippen LogP contribution in [0, 0.1) is 12.7 Å². The molecule has 6 heteroatoms. The van der Waals surface area contributed by atoms with Gasteiger partial charge in [0.15, 0.2) is 0 Å². The van der Waals surface area contributed by atoms with E-state index in [1.165, 1.54) is 11.0 Å². The van der Waals surface area contributed by atoms with E-state index in [0.29, 0.717) is 17.1 Å². The molecule has 31 heavy (non-hydrogen) atoms. The van der Waals surface area contributed by atoms with Crippen molar-refractivity contribution in [1.82, 2.24) is 0 Å². The molecule has 1 aliphatic heterocycles. The number of halogens is 2. The van der Waals surface area contributed by atoms with E-state index in [2.05, 4.69) is 10.2 Å². The lowest BCUT2D eigenvalue weighted by Crippen LogP contribution is -3.13. The standard InChI is InChI=1S/C25H25ClFN3O/c1-18-6-7-19(16-23(18)26)25(31)28-21-8-10-22(11-9-21)30-14-12-29(13-15-30)17-20-4-2-3-5-24(20)27/h2-11,16H,12-15,17H2,1H3,(H,28,31)/p+1. The lowest BCUT2D eigenvalue weighted by atomic mass is 10.1. The maximum Gasteiger partial charge on any atom is 0.255 e. The summed E-state index contributed by atoms with van der Waals surface area (Å²) in [5.74, 6) is -0.303. The van der Waals surface area contributed by atoms with E-state index in [9.17, 15) is 9.18 Å². The summed E-state index contributed by atoms with van der Waals surface area (Å²) >= 11 is 6.13. The summed E-state index contributed by atoms with van der Waals surface area (Å²) in [4.78, 5) is 16.2. The summed E-state index contributed by atoms with van der Waals surface area (Å²) in [5.41, 5.74) is 4.13. The molecule has 0 aromatic heterocycles. The first-order valence-electron chi connectivity index (χ1n) is 10.5. The van der Waals surface area contributed by atoms with Crippen molar-refractivity contribution in [2.75, 3.05) is 36.4 Å². The molecular weight excluding hydrogens is 413 g/mol. The second-order valence-corrected chi connectivity index (χ2v) is 8.38. The average Bonchev–Trinajstić information content (AvgIpc) is 2.78. The quantitative estimate of drug-likeness (QED) is 0.633. The lowest BCUT2D eigenvalue weighted by molar-refractivity contribution is -0.914. The summed E-state index contributed by atoms with van der Waals surface area (Å²) in [7, 11) is 0. The number of amides is 1. The lowest BCUT2D eigenvalue weighted by Gasteiger charge is -2.33. The van der Waals surface area contributed by atoms with Gasteiger partial charge in [0.25, 0.3) is 5.91 Å². The Kier molecular flexibility index (Phi) is 6.54. The van der Waals surface area contributed by atoms with Gasteiger partial charge >= 0.3 is 0 Å². The number of hydrogen-bond acceptors (Lipinski definition) is 2. The smallest absolute Gasteiger partial charge is 0.255 e. The van der Waals surface area contributed by atoms with Crippen LogP contribution in [0.5, 0.6) is 0 Å². The van der Waals surface area contributed by atoms with Gasteiger partial charge in [-0.15, -0.1) is 0 Å². The van der Waals surface area contributed by atoms with Crippen LogP contribution in [0.3, 0.4) is 0 Å². The van der Waals surface area contributed by atoms with Crippen molar-refractivity contribution < 1.29 is 14.1 Å². The predicted molar refractivity (Wildman–Crippen MR) is 124 cm³/mol. The zero-order chi connectivity index (χ0) is 21.8. The number of anilines is 2. The van der Waals surface area contributed by atoms with Crippen molar-refractivity contribution >= 4 is 28.9 Å². The maximum absolute atomic E-state index is 13.9. The van der Waals surface area contributed by atoms with Gasteiger partial charge < -0.3 is 15.1 Å². The third-order valence-electron chi connectivity index (χ3n) is 5.79. The Labute approximate surface area is 187 Å². The first-order valence-corrected chi connectivity index (χ1v) is 10.9. The van der Waals surface area contributed by atoms with Crippen LogP contribution >= 0.6 is 11.6 Å². The topological polar surface area (TPSA) is 36.8 Å². The minimum absolute atomic E-state index is 0.122. The number of hydrogen-bond donors (Lipinski definition) is 2. The minimum Gasteiger partial charge on any atom is -0.360 e. The van der Waals surface area contributed by atoms with Gasteiger partial charge in [0.2, 0.25) is 0 Å². The number of benzene rings is 3. The predicted octanol–water partition coefficient (Wildman–Crippen LogP) is 3.94. The number of rotatable bonds is 5. The van der Waals surface area contributed by atoms with Gasteiger partial charge in [0.05, 0.1) is 26.2 Å². The molecule has 1 heterocycles. The average molecular weight is 439 g/mol. The maximum atomic E-state index is 13.9. The fraction of sp³-hybridized carbons (Fsp3) is 0.240. The molecule has 3 aromatic rings. The number of nitrogens with one attached hydrogen (secondary N) is 2. The summed E-state index contributed by atoms with van der Waals surface area (Å²) in [5, 5.41) is 3.50. The number of quaternary nitrogens is 1. The van der Waals surface area contributed by atoms with Crippen molar-refractivity contribution in [2.24, 2.45) is 0 Å². The molecule has 2 N–H and O–H groups in total. The van der Waals surface area contributed by atoms with Crippen LogP contribution in [-0.2, 0) is 6.54 Å². The Hall–Kier alpha value is -2.89. The third-order valence-corrected chi connectivity index (χ3v) is 6.20. The molecule has 0 aliphatic carbocycles. The zero-order valence-corrected chi connectivity index (χ0v) is 18.3. The van der Waals surface area contributed by atoms with Gasteiger partial charge in [-0.2, -0.15) is 0 Å². The highest BCUT2D eigenvalue weighted by atomic mass is 35.5. The highest BCUT2D eigenvalue weighted by molar-refractivity contribution is 6.31. The minimum atomic E-state index is -0.181. The van der Waals surface area contributed by atoms with Crippen LogP contribution in [0.4, 0.5) is 15.8 Å². The Morgan fingerprint density at radius 1 is 1.06 bits per heavy atom. The summed E-state index contributed by atoms with van der Waals surface area (Å²) in [6, 6.07) is 20.2. The number of carbonyl (C=O) groups excluding carboxylic acids is 1. The summed E-state index contributed by atoms with van der Waals surface area (Å²) in [6.45, 7) is 6.37. The Bertz CT molecular complexity index is 1060. The molecule has 0 unspecified atom stereocenters. The van der Waals surface area contributed by atoms with Gasteiger partial charge in [0, 0.05) is 27.5 Å². The molecule has 4 nitrogen and oxygen atoms in total. The van der Waals surface area contributed by atoms with Crippen LogP contribution in [-0.4, -0.2) is 32.1 Å². The fourth-order valence-electron chi connectivity index (χ4n) is 3.86. The van der Waals surface area contributed by atoms with E-state index in [-0.39, 0.29) is 11.7 Å². The van der Waals surface area contributed by atoms with E-state index in [4.69, 9.17) is 11.6 Å². The van der Waals surface area contributed by atoms with Crippen LogP contribution in [0.1, 0.15) is 21.5 Å². The number of carbonyl (C=O) groups is 1. The molecule has 0 bridgehead atoms. The molecule has 160 valence electrons. The number of nitrogens with zero attached hydrogens (tertiary/aromatic N) is 1.